The Kier molecular flexibility index (Phi) is 4.59. The molecule has 3 aromatic rings. The maximum atomic E-state index is 9.37. The minimum atomic E-state index is -0.266. The molecule has 0 fully saturated rings. The van der Waals surface area contributed by atoms with Crippen LogP contribution >= 0.6 is 0 Å². The van der Waals surface area contributed by atoms with Crippen LogP contribution in [0, 0.1) is 68.0 Å². The summed E-state index contributed by atoms with van der Waals surface area (Å²) in [6.45, 7) is -0.332. The maximum absolute atomic E-state index is 9.37. The standard InChI is InChI=1S/C20H4N12/c21-1-9-7-27-15-16(28-8-10(9)2-22)18-20(32-14(6-26)12(4-24)30-18)19-17(15)29-11(3-23)13(5-25)31-19/h7-8H2/b10-9-,27-15?,28-16?. The number of nitriles is 6. The lowest BCUT2D eigenvalue weighted by atomic mass is 10.1. The van der Waals surface area contributed by atoms with Crippen LogP contribution < -0.4 is 10.7 Å². The largest absolute Gasteiger partial charge is 0.275 e. The highest BCUT2D eigenvalue weighted by molar-refractivity contribution is 6.00. The van der Waals surface area contributed by atoms with Gasteiger partial charge in [0.15, 0.2) is 22.8 Å². The zero-order valence-electron chi connectivity index (χ0n) is 15.8. The van der Waals surface area contributed by atoms with E-state index >= 15 is 0 Å². The first kappa shape index (κ1) is 19.5. The number of rotatable bonds is 0. The second kappa shape index (κ2) is 7.54. The molecule has 4 rings (SSSR count). The van der Waals surface area contributed by atoms with Crippen LogP contribution in [-0.2, 0) is 0 Å². The number of fused-ring (bicyclic) bond motifs is 6. The predicted octanol–water partition coefficient (Wildman–Crippen LogP) is -0.344. The van der Waals surface area contributed by atoms with Crippen molar-refractivity contribution in [1.82, 2.24) is 19.9 Å². The number of aromatic nitrogens is 4. The fraction of sp³-hybridized carbons (Fsp3) is 0.100. The normalized spacial score (nSPS) is 14.6. The van der Waals surface area contributed by atoms with E-state index in [-0.39, 0.29) is 79.8 Å². The summed E-state index contributed by atoms with van der Waals surface area (Å²) in [6, 6.07) is 11.0. The Bertz CT molecular complexity index is 1660. The van der Waals surface area contributed by atoms with E-state index in [2.05, 4.69) is 29.9 Å². The minimum absolute atomic E-state index is 0.0327. The van der Waals surface area contributed by atoms with Crippen molar-refractivity contribution >= 4 is 22.1 Å². The third kappa shape index (κ3) is 2.79. The molecule has 0 atom stereocenters. The van der Waals surface area contributed by atoms with Crippen molar-refractivity contribution in [2.24, 2.45) is 9.98 Å². The second-order valence-corrected chi connectivity index (χ2v) is 6.19. The van der Waals surface area contributed by atoms with Crippen LogP contribution in [0.15, 0.2) is 21.1 Å². The lowest BCUT2D eigenvalue weighted by Gasteiger charge is -2.08. The van der Waals surface area contributed by atoms with Crippen molar-refractivity contribution in [3.8, 4) is 36.4 Å². The summed E-state index contributed by atoms with van der Waals surface area (Å²) in [7, 11) is 0. The van der Waals surface area contributed by atoms with Gasteiger partial charge in [-0.1, -0.05) is 0 Å². The Morgan fingerprint density at radius 3 is 1.03 bits per heavy atom. The molecule has 3 heterocycles. The van der Waals surface area contributed by atoms with Crippen molar-refractivity contribution in [3.63, 3.8) is 0 Å². The van der Waals surface area contributed by atoms with Crippen molar-refractivity contribution in [2.45, 2.75) is 0 Å². The van der Waals surface area contributed by atoms with Gasteiger partial charge in [0.05, 0.1) is 36.4 Å². The molecule has 0 spiro atoms. The van der Waals surface area contributed by atoms with E-state index < -0.39 is 0 Å². The van der Waals surface area contributed by atoms with Crippen molar-refractivity contribution in [2.75, 3.05) is 13.1 Å². The van der Waals surface area contributed by atoms with Gasteiger partial charge in [0.2, 0.25) is 0 Å². The topological polar surface area (TPSA) is 219 Å². The summed E-state index contributed by atoms with van der Waals surface area (Å²) in [5, 5.41) is 56.4. The highest BCUT2D eigenvalue weighted by Gasteiger charge is 2.20. The average Bonchev–Trinajstić information content (AvgIpc) is 2.82. The quantitative estimate of drug-likeness (QED) is 0.437. The summed E-state index contributed by atoms with van der Waals surface area (Å²) in [6.07, 6.45) is 0. The molecule has 1 aromatic carbocycles. The predicted molar refractivity (Wildman–Crippen MR) is 102 cm³/mol. The van der Waals surface area contributed by atoms with Crippen LogP contribution in [0.2, 0.25) is 0 Å². The van der Waals surface area contributed by atoms with E-state index in [1.54, 1.807) is 24.3 Å². The van der Waals surface area contributed by atoms with Crippen molar-refractivity contribution < 1.29 is 0 Å². The van der Waals surface area contributed by atoms with Gasteiger partial charge in [0.1, 0.15) is 57.1 Å². The summed E-state index contributed by atoms with van der Waals surface area (Å²) in [5.74, 6) is 0. The van der Waals surface area contributed by atoms with E-state index in [0.717, 1.165) is 0 Å². The number of nitrogens with zero attached hydrogens (tertiary/aromatic N) is 12. The zero-order chi connectivity index (χ0) is 22.8. The molecule has 12 heteroatoms. The summed E-state index contributed by atoms with van der Waals surface area (Å²) >= 11 is 0. The fourth-order valence-corrected chi connectivity index (χ4v) is 3.08. The Morgan fingerprint density at radius 1 is 0.438 bits per heavy atom. The number of hydrogen-bond donors (Lipinski definition) is 0. The molecule has 0 unspecified atom stereocenters. The first-order valence-corrected chi connectivity index (χ1v) is 8.67. The lowest BCUT2D eigenvalue weighted by Crippen LogP contribution is -2.32. The molecule has 12 nitrogen and oxygen atoms in total. The molecular weight excluding hydrogens is 408 g/mol. The Balaban J connectivity index is 2.33. The number of hydrogen-bond acceptors (Lipinski definition) is 12. The van der Waals surface area contributed by atoms with E-state index in [9.17, 15) is 31.6 Å². The van der Waals surface area contributed by atoms with Gasteiger partial charge in [0, 0.05) is 0 Å². The van der Waals surface area contributed by atoms with Crippen LogP contribution in [0.3, 0.4) is 0 Å². The molecule has 0 aliphatic carbocycles. The molecule has 0 N–H and O–H groups in total. The maximum Gasteiger partial charge on any atom is 0.177 e. The molecule has 32 heavy (non-hydrogen) atoms. The van der Waals surface area contributed by atoms with Crippen molar-refractivity contribution in [1.29, 1.82) is 31.6 Å². The first-order valence-electron chi connectivity index (χ1n) is 8.67. The van der Waals surface area contributed by atoms with Gasteiger partial charge in [-0.2, -0.15) is 31.6 Å². The van der Waals surface area contributed by atoms with E-state index in [0.29, 0.717) is 0 Å². The molecule has 1 aliphatic rings. The minimum Gasteiger partial charge on any atom is -0.275 e. The molecule has 1 aliphatic heterocycles. The fourth-order valence-electron chi connectivity index (χ4n) is 3.08. The van der Waals surface area contributed by atoms with Gasteiger partial charge >= 0.3 is 0 Å². The van der Waals surface area contributed by atoms with Gasteiger partial charge in [-0.15, -0.1) is 0 Å². The van der Waals surface area contributed by atoms with Gasteiger partial charge in [0.25, 0.3) is 0 Å². The average molecular weight is 412 g/mol. The molecule has 0 amide bonds. The Labute approximate surface area is 178 Å². The second-order valence-electron chi connectivity index (χ2n) is 6.19. The van der Waals surface area contributed by atoms with Crippen LogP contribution in [0.1, 0.15) is 22.8 Å². The lowest BCUT2D eigenvalue weighted by molar-refractivity contribution is 0.987. The van der Waals surface area contributed by atoms with Crippen LogP contribution in [-0.4, -0.2) is 33.0 Å². The molecule has 0 saturated heterocycles. The van der Waals surface area contributed by atoms with E-state index in [1.165, 1.54) is 0 Å². The zero-order valence-corrected chi connectivity index (χ0v) is 15.8. The summed E-state index contributed by atoms with van der Waals surface area (Å²) in [4.78, 5) is 25.5. The molecular formula is C20H4N12. The summed E-state index contributed by atoms with van der Waals surface area (Å²) in [5.41, 5.74) is -0.627. The molecule has 0 bridgehead atoms. The van der Waals surface area contributed by atoms with Crippen molar-refractivity contribution in [3.05, 3.63) is 44.6 Å². The number of benzene rings is 1. The van der Waals surface area contributed by atoms with Crippen LogP contribution in [0.25, 0.3) is 22.1 Å². The smallest absolute Gasteiger partial charge is 0.177 e. The Hall–Kier alpha value is -5.82. The van der Waals surface area contributed by atoms with Gasteiger partial charge in [-0.3, -0.25) is 9.98 Å². The highest BCUT2D eigenvalue weighted by Crippen LogP contribution is 2.19. The highest BCUT2D eigenvalue weighted by atomic mass is 14.9. The first-order chi connectivity index (χ1) is 15.6. The summed E-state index contributed by atoms with van der Waals surface area (Å²) < 4.78 is 0. The van der Waals surface area contributed by atoms with Gasteiger partial charge in [-0.25, -0.2) is 19.9 Å². The molecule has 0 radical (unpaired) electrons. The van der Waals surface area contributed by atoms with Gasteiger partial charge < -0.3 is 0 Å². The van der Waals surface area contributed by atoms with E-state index in [4.69, 9.17) is 0 Å². The van der Waals surface area contributed by atoms with E-state index in [1.807, 2.05) is 12.1 Å². The molecule has 144 valence electrons. The SMILES string of the molecule is N#C/C1=C(\C#N)CN=c2c(c3nc(C#N)c(C#N)nc3c3nc(C#N)c(C#N)nc23)=NC1. The molecule has 0 saturated carbocycles. The third-order valence-corrected chi connectivity index (χ3v) is 4.54. The molecule has 2 aromatic heterocycles. The van der Waals surface area contributed by atoms with Crippen LogP contribution in [0.5, 0.6) is 0 Å². The van der Waals surface area contributed by atoms with Gasteiger partial charge in [-0.05, 0) is 0 Å². The van der Waals surface area contributed by atoms with Crippen LogP contribution in [0.4, 0.5) is 0 Å². The third-order valence-electron chi connectivity index (χ3n) is 4.54. The monoisotopic (exact) mass is 412 g/mol. The Morgan fingerprint density at radius 2 is 0.750 bits per heavy atom.